The fraction of sp³-hybridized carbons (Fsp3) is 0.393. The lowest BCUT2D eigenvalue weighted by atomic mass is 9.93. The third-order valence-corrected chi connectivity index (χ3v) is 6.16. The van der Waals surface area contributed by atoms with Gasteiger partial charge in [-0.15, -0.1) is 0 Å². The van der Waals surface area contributed by atoms with Crippen LogP contribution in [0.3, 0.4) is 0 Å². The van der Waals surface area contributed by atoms with Crippen molar-refractivity contribution in [1.29, 1.82) is 0 Å². The number of halogens is 1. The van der Waals surface area contributed by atoms with Gasteiger partial charge in [-0.25, -0.2) is 9.59 Å². The van der Waals surface area contributed by atoms with E-state index in [0.29, 0.717) is 59.3 Å². The van der Waals surface area contributed by atoms with Gasteiger partial charge in [0.05, 0.1) is 24.3 Å². The normalized spacial score (nSPS) is 15.5. The van der Waals surface area contributed by atoms with Crippen LogP contribution < -0.4 is 10.1 Å². The van der Waals surface area contributed by atoms with Crippen LogP contribution in [0.1, 0.15) is 56.1 Å². The molecule has 2 aromatic carbocycles. The summed E-state index contributed by atoms with van der Waals surface area (Å²) in [6.07, 6.45) is 0.177. The largest absolute Gasteiger partial charge is 0.494 e. The highest BCUT2D eigenvalue weighted by Gasteiger charge is 2.38. The van der Waals surface area contributed by atoms with Gasteiger partial charge in [0.2, 0.25) is 0 Å². The maximum Gasteiger partial charge on any atom is 0.338 e. The minimum atomic E-state index is -0.675. The van der Waals surface area contributed by atoms with Gasteiger partial charge in [0.1, 0.15) is 5.75 Å². The minimum absolute atomic E-state index is 0.130. The summed E-state index contributed by atoms with van der Waals surface area (Å²) in [5.74, 6) is 0.0831. The molecule has 1 aliphatic rings. The van der Waals surface area contributed by atoms with Crippen molar-refractivity contribution >= 4 is 29.5 Å². The Labute approximate surface area is 223 Å². The number of allylic oxidation sites excluding steroid dienone is 1. The molecule has 0 saturated carbocycles. The fourth-order valence-electron chi connectivity index (χ4n) is 4.23. The number of benzene rings is 2. The smallest absolute Gasteiger partial charge is 0.338 e. The monoisotopic (exact) mass is 527 g/mol. The quantitative estimate of drug-likeness (QED) is 0.429. The van der Waals surface area contributed by atoms with Crippen molar-refractivity contribution < 1.29 is 23.9 Å². The number of carbonyl (C=O) groups is 3. The molecule has 1 heterocycles. The van der Waals surface area contributed by atoms with Crippen LogP contribution in [0.25, 0.3) is 0 Å². The van der Waals surface area contributed by atoms with Gasteiger partial charge in [-0.2, -0.15) is 0 Å². The second-order valence-corrected chi connectivity index (χ2v) is 9.55. The van der Waals surface area contributed by atoms with Gasteiger partial charge in [0.25, 0.3) is 5.91 Å². The molecule has 0 saturated heterocycles. The molecule has 0 bridgehead atoms. The van der Waals surface area contributed by atoms with E-state index in [2.05, 4.69) is 5.32 Å². The highest BCUT2D eigenvalue weighted by molar-refractivity contribution is 6.30. The second kappa shape index (κ2) is 12.6. The summed E-state index contributed by atoms with van der Waals surface area (Å²) < 4.78 is 10.9. The Hall–Kier alpha value is -3.52. The predicted octanol–water partition coefficient (Wildman–Crippen LogP) is 5.19. The molecule has 1 atom stereocenters. The third-order valence-electron chi connectivity index (χ3n) is 5.92. The van der Waals surface area contributed by atoms with Gasteiger partial charge in [-0.05, 0) is 76.1 Å². The number of nitrogens with zero attached hydrogens (tertiary/aromatic N) is 2. The number of carbonyl (C=O) groups excluding carboxylic acids is 3. The first-order valence-corrected chi connectivity index (χ1v) is 12.7. The van der Waals surface area contributed by atoms with E-state index in [1.807, 2.05) is 13.0 Å². The summed E-state index contributed by atoms with van der Waals surface area (Å²) in [6.45, 7) is 8.41. The Balaban J connectivity index is 1.78. The lowest BCUT2D eigenvalue weighted by molar-refractivity contribution is -0.143. The number of esters is 1. The summed E-state index contributed by atoms with van der Waals surface area (Å²) in [4.78, 5) is 42.2. The van der Waals surface area contributed by atoms with Crippen LogP contribution in [0.2, 0.25) is 5.02 Å². The Morgan fingerprint density at radius 2 is 1.86 bits per heavy atom. The average Bonchev–Trinajstić information content (AvgIpc) is 2.84. The molecular weight excluding hydrogens is 494 g/mol. The van der Waals surface area contributed by atoms with Crippen LogP contribution >= 0.6 is 11.6 Å². The van der Waals surface area contributed by atoms with Crippen LogP contribution in [0.4, 0.5) is 4.79 Å². The highest BCUT2D eigenvalue weighted by atomic mass is 35.5. The van der Waals surface area contributed by atoms with Gasteiger partial charge < -0.3 is 24.6 Å². The number of rotatable bonds is 10. The third kappa shape index (κ3) is 7.04. The van der Waals surface area contributed by atoms with Crippen molar-refractivity contribution in [2.45, 2.75) is 46.3 Å². The fourth-order valence-corrected chi connectivity index (χ4v) is 4.43. The zero-order chi connectivity index (χ0) is 27.1. The first-order chi connectivity index (χ1) is 17.6. The topological polar surface area (TPSA) is 88.2 Å². The Morgan fingerprint density at radius 1 is 1.16 bits per heavy atom. The Kier molecular flexibility index (Phi) is 9.58. The maximum atomic E-state index is 13.1. The van der Waals surface area contributed by atoms with Crippen molar-refractivity contribution in [2.75, 3.05) is 26.7 Å². The van der Waals surface area contributed by atoms with E-state index in [4.69, 9.17) is 21.1 Å². The molecule has 1 aliphatic heterocycles. The Morgan fingerprint density at radius 3 is 2.49 bits per heavy atom. The SMILES string of the molecule is CCOc1ccc(C(=O)N(C)CCCN2C(=O)NC(C)=C(C(=O)OC(C)C)C2c2cccc(Cl)c2)cc1. The molecule has 37 heavy (non-hydrogen) atoms. The summed E-state index contributed by atoms with van der Waals surface area (Å²) in [6, 6.07) is 13.1. The van der Waals surface area contributed by atoms with Crippen LogP contribution in [-0.2, 0) is 9.53 Å². The number of hydrogen-bond donors (Lipinski definition) is 1. The summed E-state index contributed by atoms with van der Waals surface area (Å²) in [5.41, 5.74) is 2.06. The second-order valence-electron chi connectivity index (χ2n) is 9.11. The first kappa shape index (κ1) is 28.1. The number of nitrogens with one attached hydrogen (secondary N) is 1. The summed E-state index contributed by atoms with van der Waals surface area (Å²) in [7, 11) is 1.72. The lowest BCUT2D eigenvalue weighted by Crippen LogP contribution is -2.49. The van der Waals surface area contributed by atoms with E-state index in [-0.39, 0.29) is 18.0 Å². The standard InChI is InChI=1S/C28H34ClN3O5/c1-6-36-23-13-11-20(12-14-23)26(33)31(5)15-8-16-32-25(21-9-7-10-22(29)17-21)24(19(4)30-28(32)35)27(34)37-18(2)3/h7,9-14,17-18,25H,6,8,15-16H2,1-5H3,(H,30,35). The number of urea groups is 1. The Bertz CT molecular complexity index is 1160. The first-order valence-electron chi connectivity index (χ1n) is 12.4. The minimum Gasteiger partial charge on any atom is -0.494 e. The van der Waals surface area contributed by atoms with Crippen molar-refractivity contribution in [3.05, 3.63) is 76.0 Å². The number of ether oxygens (including phenoxy) is 2. The molecule has 198 valence electrons. The molecule has 3 rings (SSSR count). The van der Waals surface area contributed by atoms with Crippen LogP contribution in [-0.4, -0.2) is 60.6 Å². The summed E-state index contributed by atoms with van der Waals surface area (Å²) in [5, 5.41) is 3.29. The number of hydrogen-bond acceptors (Lipinski definition) is 5. The van der Waals surface area contributed by atoms with Gasteiger partial charge >= 0.3 is 12.0 Å². The molecule has 9 heteroatoms. The van der Waals surface area contributed by atoms with Crippen molar-refractivity contribution in [2.24, 2.45) is 0 Å². The highest BCUT2D eigenvalue weighted by Crippen LogP contribution is 2.35. The van der Waals surface area contributed by atoms with E-state index >= 15 is 0 Å². The summed E-state index contributed by atoms with van der Waals surface area (Å²) >= 11 is 6.26. The molecule has 0 radical (unpaired) electrons. The van der Waals surface area contributed by atoms with Crippen LogP contribution in [0.5, 0.6) is 5.75 Å². The van der Waals surface area contributed by atoms with Gasteiger partial charge in [-0.3, -0.25) is 4.79 Å². The van der Waals surface area contributed by atoms with E-state index in [9.17, 15) is 14.4 Å². The molecule has 0 aliphatic carbocycles. The molecule has 3 amide bonds. The van der Waals surface area contributed by atoms with E-state index in [0.717, 1.165) is 0 Å². The van der Waals surface area contributed by atoms with Crippen molar-refractivity contribution in [3.63, 3.8) is 0 Å². The van der Waals surface area contributed by atoms with Crippen LogP contribution in [0, 0.1) is 0 Å². The molecule has 1 unspecified atom stereocenters. The average molecular weight is 528 g/mol. The van der Waals surface area contributed by atoms with Crippen LogP contribution in [0.15, 0.2) is 59.8 Å². The van der Waals surface area contributed by atoms with Gasteiger partial charge in [0.15, 0.2) is 0 Å². The lowest BCUT2D eigenvalue weighted by Gasteiger charge is -2.38. The molecule has 0 spiro atoms. The zero-order valence-electron chi connectivity index (χ0n) is 21.9. The van der Waals surface area contributed by atoms with Crippen molar-refractivity contribution in [3.8, 4) is 5.75 Å². The molecular formula is C28H34ClN3O5. The molecule has 0 aromatic heterocycles. The zero-order valence-corrected chi connectivity index (χ0v) is 22.7. The molecule has 0 fully saturated rings. The van der Waals surface area contributed by atoms with Crippen molar-refractivity contribution in [1.82, 2.24) is 15.1 Å². The molecule has 8 nitrogen and oxygen atoms in total. The maximum absolute atomic E-state index is 13.1. The van der Waals surface area contributed by atoms with Gasteiger partial charge in [0, 0.05) is 36.4 Å². The predicted molar refractivity (Wildman–Crippen MR) is 143 cm³/mol. The van der Waals surface area contributed by atoms with Gasteiger partial charge in [-0.1, -0.05) is 23.7 Å². The van der Waals surface area contributed by atoms with E-state index < -0.39 is 12.0 Å². The molecule has 1 N–H and O–H groups in total. The molecule has 2 aromatic rings. The number of amides is 3. The van der Waals surface area contributed by atoms with E-state index in [1.54, 1.807) is 80.1 Å². The van der Waals surface area contributed by atoms with E-state index in [1.165, 1.54) is 0 Å².